The van der Waals surface area contributed by atoms with Crippen LogP contribution in [0.4, 0.5) is 10.6 Å². The molecule has 1 N–H and O–H groups in total. The number of nitrogens with zero attached hydrogens (tertiary/aromatic N) is 3. The van der Waals surface area contributed by atoms with Crippen LogP contribution in [0.15, 0.2) is 18.3 Å². The van der Waals surface area contributed by atoms with Gasteiger partial charge in [-0.3, -0.25) is 0 Å². The van der Waals surface area contributed by atoms with E-state index in [0.717, 1.165) is 57.2 Å². The van der Waals surface area contributed by atoms with Gasteiger partial charge >= 0.3 is 6.03 Å². The first-order valence-electron chi connectivity index (χ1n) is 9.06. The number of hydrogen-bond acceptors (Lipinski definition) is 4. The van der Waals surface area contributed by atoms with Crippen molar-refractivity contribution in [1.82, 2.24) is 15.2 Å². The van der Waals surface area contributed by atoms with Crippen LogP contribution in [0.25, 0.3) is 0 Å². The van der Waals surface area contributed by atoms with Gasteiger partial charge in [-0.1, -0.05) is 0 Å². The minimum atomic E-state index is 0.00364. The summed E-state index contributed by atoms with van der Waals surface area (Å²) in [6.07, 6.45) is 5.36. The van der Waals surface area contributed by atoms with Gasteiger partial charge in [-0.15, -0.1) is 0 Å². The minimum Gasteiger partial charge on any atom is -0.381 e. The molecule has 2 aliphatic heterocycles. The number of rotatable bonds is 6. The van der Waals surface area contributed by atoms with E-state index in [1.165, 1.54) is 12.8 Å². The van der Waals surface area contributed by atoms with E-state index in [-0.39, 0.29) is 6.03 Å². The van der Waals surface area contributed by atoms with Gasteiger partial charge in [-0.25, -0.2) is 9.78 Å². The van der Waals surface area contributed by atoms with Crippen molar-refractivity contribution >= 4 is 11.8 Å². The van der Waals surface area contributed by atoms with Crippen LogP contribution in [-0.4, -0.2) is 55.3 Å². The minimum absolute atomic E-state index is 0.00364. The fraction of sp³-hybridized carbons (Fsp3) is 0.667. The van der Waals surface area contributed by atoms with Gasteiger partial charge in [0.1, 0.15) is 5.82 Å². The Morgan fingerprint density at radius 2 is 2.29 bits per heavy atom. The maximum Gasteiger partial charge on any atom is 0.317 e. The Kier molecular flexibility index (Phi) is 5.91. The first kappa shape index (κ1) is 17.0. The molecule has 1 aromatic rings. The highest BCUT2D eigenvalue weighted by molar-refractivity contribution is 5.74. The van der Waals surface area contributed by atoms with Crippen molar-refractivity contribution in [2.24, 2.45) is 5.92 Å². The smallest absolute Gasteiger partial charge is 0.317 e. The van der Waals surface area contributed by atoms with Crippen molar-refractivity contribution in [3.05, 3.63) is 23.9 Å². The molecule has 2 aliphatic rings. The molecule has 0 saturated carbocycles. The molecule has 0 aromatic carbocycles. The quantitative estimate of drug-likeness (QED) is 0.868. The molecule has 2 saturated heterocycles. The van der Waals surface area contributed by atoms with Gasteiger partial charge in [-0.05, 0) is 43.9 Å². The fourth-order valence-corrected chi connectivity index (χ4v) is 3.37. The SMILES string of the molecule is CCN(CC1CCOC1)C(=O)NCc1ccnc(N2CCCC2)c1. The van der Waals surface area contributed by atoms with Gasteiger partial charge in [0.05, 0.1) is 6.61 Å². The Morgan fingerprint density at radius 3 is 3.00 bits per heavy atom. The van der Waals surface area contributed by atoms with E-state index in [0.29, 0.717) is 12.5 Å². The number of amides is 2. The Balaban J connectivity index is 1.52. The molecule has 2 amide bonds. The molecule has 1 aromatic heterocycles. The van der Waals surface area contributed by atoms with E-state index in [1.807, 2.05) is 24.1 Å². The van der Waals surface area contributed by atoms with Crippen molar-refractivity contribution in [3.8, 4) is 0 Å². The summed E-state index contributed by atoms with van der Waals surface area (Å²) in [5.74, 6) is 1.49. The molecule has 0 aliphatic carbocycles. The van der Waals surface area contributed by atoms with Gasteiger partial charge in [-0.2, -0.15) is 0 Å². The Hall–Kier alpha value is -1.82. The molecule has 6 heteroatoms. The number of urea groups is 1. The van der Waals surface area contributed by atoms with E-state index < -0.39 is 0 Å². The number of aromatic nitrogens is 1. The van der Waals surface area contributed by atoms with Gasteiger partial charge in [0.2, 0.25) is 0 Å². The Bertz CT molecular complexity index is 540. The number of nitrogens with one attached hydrogen (secondary N) is 1. The van der Waals surface area contributed by atoms with Crippen LogP contribution in [0.2, 0.25) is 0 Å². The summed E-state index contributed by atoms with van der Waals surface area (Å²) >= 11 is 0. The third-order valence-electron chi connectivity index (χ3n) is 4.86. The second-order valence-corrected chi connectivity index (χ2v) is 6.64. The summed E-state index contributed by atoms with van der Waals surface area (Å²) < 4.78 is 5.40. The Labute approximate surface area is 144 Å². The number of ether oxygens (including phenoxy) is 1. The van der Waals surface area contributed by atoms with Crippen LogP contribution in [0.5, 0.6) is 0 Å². The number of carbonyl (C=O) groups is 1. The average Bonchev–Trinajstić information content (AvgIpc) is 3.31. The summed E-state index contributed by atoms with van der Waals surface area (Å²) in [4.78, 5) is 21.1. The van der Waals surface area contributed by atoms with Crippen LogP contribution in [0, 0.1) is 5.92 Å². The zero-order valence-corrected chi connectivity index (χ0v) is 14.5. The van der Waals surface area contributed by atoms with Crippen molar-refractivity contribution in [2.75, 3.05) is 44.3 Å². The average molecular weight is 332 g/mol. The van der Waals surface area contributed by atoms with Crippen molar-refractivity contribution in [1.29, 1.82) is 0 Å². The number of carbonyl (C=O) groups excluding carboxylic acids is 1. The van der Waals surface area contributed by atoms with E-state index >= 15 is 0 Å². The van der Waals surface area contributed by atoms with Crippen molar-refractivity contribution < 1.29 is 9.53 Å². The van der Waals surface area contributed by atoms with Crippen LogP contribution in [0.3, 0.4) is 0 Å². The summed E-state index contributed by atoms with van der Waals surface area (Å²) in [6.45, 7) is 7.81. The Morgan fingerprint density at radius 1 is 1.46 bits per heavy atom. The summed E-state index contributed by atoms with van der Waals surface area (Å²) in [7, 11) is 0. The molecule has 1 unspecified atom stereocenters. The van der Waals surface area contributed by atoms with E-state index in [9.17, 15) is 4.79 Å². The molecule has 0 radical (unpaired) electrons. The molecule has 24 heavy (non-hydrogen) atoms. The van der Waals surface area contributed by atoms with Crippen LogP contribution < -0.4 is 10.2 Å². The lowest BCUT2D eigenvalue weighted by Crippen LogP contribution is -2.42. The second kappa shape index (κ2) is 8.33. The topological polar surface area (TPSA) is 57.7 Å². The maximum absolute atomic E-state index is 12.4. The zero-order chi connectivity index (χ0) is 16.8. The molecule has 3 rings (SSSR count). The molecule has 2 fully saturated rings. The van der Waals surface area contributed by atoms with Crippen molar-refractivity contribution in [3.63, 3.8) is 0 Å². The van der Waals surface area contributed by atoms with E-state index in [1.54, 1.807) is 0 Å². The molecule has 0 spiro atoms. The zero-order valence-electron chi connectivity index (χ0n) is 14.5. The lowest BCUT2D eigenvalue weighted by molar-refractivity contribution is 0.166. The van der Waals surface area contributed by atoms with E-state index in [4.69, 9.17) is 4.74 Å². The molecule has 132 valence electrons. The summed E-state index contributed by atoms with van der Waals surface area (Å²) in [6, 6.07) is 4.07. The van der Waals surface area contributed by atoms with Gasteiger partial charge in [0.25, 0.3) is 0 Å². The molecular weight excluding hydrogens is 304 g/mol. The third kappa shape index (κ3) is 4.38. The highest BCUT2D eigenvalue weighted by Gasteiger charge is 2.21. The summed E-state index contributed by atoms with van der Waals surface area (Å²) in [5.41, 5.74) is 1.10. The van der Waals surface area contributed by atoms with Crippen LogP contribution in [-0.2, 0) is 11.3 Å². The third-order valence-corrected chi connectivity index (χ3v) is 4.86. The lowest BCUT2D eigenvalue weighted by atomic mass is 10.1. The summed E-state index contributed by atoms with van der Waals surface area (Å²) in [5, 5.41) is 3.04. The monoisotopic (exact) mass is 332 g/mol. The number of pyridine rings is 1. The first-order valence-corrected chi connectivity index (χ1v) is 9.06. The molecule has 1 atom stereocenters. The maximum atomic E-state index is 12.4. The van der Waals surface area contributed by atoms with Gasteiger partial charge < -0.3 is 19.9 Å². The highest BCUT2D eigenvalue weighted by atomic mass is 16.5. The van der Waals surface area contributed by atoms with Gasteiger partial charge in [0.15, 0.2) is 0 Å². The standard InChI is InChI=1S/C18H28N4O2/c1-2-21(13-16-6-10-24-14-16)18(23)20-12-15-5-7-19-17(11-15)22-8-3-4-9-22/h5,7,11,16H,2-4,6,8-10,12-14H2,1H3,(H,20,23). The largest absolute Gasteiger partial charge is 0.381 e. The second-order valence-electron chi connectivity index (χ2n) is 6.64. The normalized spacial score (nSPS) is 20.4. The predicted octanol–water partition coefficient (Wildman–Crippen LogP) is 2.25. The number of anilines is 1. The molecular formula is C18H28N4O2. The first-order chi connectivity index (χ1) is 11.8. The lowest BCUT2D eigenvalue weighted by Gasteiger charge is -2.24. The number of hydrogen-bond donors (Lipinski definition) is 1. The molecule has 3 heterocycles. The van der Waals surface area contributed by atoms with Crippen LogP contribution in [0.1, 0.15) is 31.7 Å². The highest BCUT2D eigenvalue weighted by Crippen LogP contribution is 2.18. The van der Waals surface area contributed by atoms with Crippen molar-refractivity contribution in [2.45, 2.75) is 32.7 Å². The predicted molar refractivity (Wildman–Crippen MR) is 94.1 cm³/mol. The van der Waals surface area contributed by atoms with Gasteiger partial charge in [0, 0.05) is 51.4 Å². The fourth-order valence-electron chi connectivity index (χ4n) is 3.37. The molecule has 0 bridgehead atoms. The van der Waals surface area contributed by atoms with Crippen LogP contribution >= 0.6 is 0 Å². The van der Waals surface area contributed by atoms with E-state index in [2.05, 4.69) is 21.3 Å². The molecule has 6 nitrogen and oxygen atoms in total.